The molecule has 3 heteroatoms. The van der Waals surface area contributed by atoms with E-state index in [0.717, 1.165) is 8.95 Å². The van der Waals surface area contributed by atoms with E-state index in [4.69, 9.17) is 11.6 Å². The molecule has 47 valence electrons. The van der Waals surface area contributed by atoms with Crippen molar-refractivity contribution in [3.8, 4) is 0 Å². The molecule has 0 aromatic heterocycles. The summed E-state index contributed by atoms with van der Waals surface area (Å²) in [5, 5.41) is 0.671. The van der Waals surface area contributed by atoms with Crippen molar-refractivity contribution in [2.75, 3.05) is 0 Å². The Hall–Kier alpha value is 0.470. The maximum absolute atomic E-state index is 5.71. The molecule has 0 spiro atoms. The average Bonchev–Trinajstić information content (AvgIpc) is 1.80. The van der Waals surface area contributed by atoms with Gasteiger partial charge in [0.25, 0.3) is 0 Å². The topological polar surface area (TPSA) is 0 Å². The Kier molecular flexibility index (Phi) is 2.56. The Balaban J connectivity index is 3.17. The zero-order valence-corrected chi connectivity index (χ0v) is 8.22. The molecule has 0 amide bonds. The minimum atomic E-state index is 0.671. The molecule has 0 N–H and O–H groups in total. The van der Waals surface area contributed by atoms with Crippen LogP contribution in [-0.4, -0.2) is 0 Å². The van der Waals surface area contributed by atoms with Crippen LogP contribution in [-0.2, 0) is 0 Å². The first-order valence-electron chi connectivity index (χ1n) is 2.22. The molecule has 0 saturated carbocycles. The van der Waals surface area contributed by atoms with Gasteiger partial charge < -0.3 is 0 Å². The standard InChI is InChI=1S/C6H2Br2Cl/c7-4-1-2-5(8)6(9)3-4/h1,3H. The maximum atomic E-state index is 5.71. The van der Waals surface area contributed by atoms with Gasteiger partial charge in [-0.2, -0.15) is 0 Å². The first-order valence-corrected chi connectivity index (χ1v) is 4.19. The van der Waals surface area contributed by atoms with E-state index in [9.17, 15) is 0 Å². The van der Waals surface area contributed by atoms with Gasteiger partial charge in [-0.3, -0.25) is 0 Å². The zero-order chi connectivity index (χ0) is 6.85. The summed E-state index contributed by atoms with van der Waals surface area (Å²) in [5.74, 6) is 0. The second-order valence-corrected chi connectivity index (χ2v) is 3.60. The van der Waals surface area contributed by atoms with Gasteiger partial charge in [0.1, 0.15) is 0 Å². The summed E-state index contributed by atoms with van der Waals surface area (Å²) < 4.78 is 1.74. The molecule has 0 unspecified atom stereocenters. The molecule has 0 saturated heterocycles. The normalized spacial score (nSPS) is 9.67. The van der Waals surface area contributed by atoms with E-state index in [0.29, 0.717) is 5.02 Å². The van der Waals surface area contributed by atoms with Gasteiger partial charge >= 0.3 is 0 Å². The van der Waals surface area contributed by atoms with Crippen molar-refractivity contribution in [1.82, 2.24) is 0 Å². The highest BCUT2D eigenvalue weighted by Crippen LogP contribution is 2.24. The summed E-state index contributed by atoms with van der Waals surface area (Å²) in [5.41, 5.74) is 0. The van der Waals surface area contributed by atoms with Crippen molar-refractivity contribution in [2.24, 2.45) is 0 Å². The number of benzene rings is 1. The Labute approximate surface area is 75.5 Å². The third kappa shape index (κ3) is 1.95. The minimum Gasteiger partial charge on any atom is -0.0830 e. The fourth-order valence-corrected chi connectivity index (χ4v) is 1.30. The average molecular weight is 269 g/mol. The van der Waals surface area contributed by atoms with Crippen molar-refractivity contribution < 1.29 is 0 Å². The van der Waals surface area contributed by atoms with Crippen LogP contribution in [0.4, 0.5) is 0 Å². The lowest BCUT2D eigenvalue weighted by molar-refractivity contribution is 1.59. The minimum absolute atomic E-state index is 0.671. The van der Waals surface area contributed by atoms with Crippen LogP contribution < -0.4 is 0 Å². The van der Waals surface area contributed by atoms with E-state index in [1.165, 1.54) is 0 Å². The molecule has 1 rings (SSSR count). The van der Waals surface area contributed by atoms with E-state index in [2.05, 4.69) is 37.9 Å². The molecule has 0 atom stereocenters. The molecule has 0 aliphatic rings. The molecule has 9 heavy (non-hydrogen) atoms. The van der Waals surface area contributed by atoms with E-state index >= 15 is 0 Å². The van der Waals surface area contributed by atoms with Gasteiger partial charge in [-0.15, -0.1) is 0 Å². The van der Waals surface area contributed by atoms with Crippen LogP contribution in [0.2, 0.25) is 5.02 Å². The number of hydrogen-bond donors (Lipinski definition) is 0. The SMILES string of the molecule is Clc1cc(Br)c[c]c1Br. The first-order chi connectivity index (χ1) is 4.20. The molecule has 1 radical (unpaired) electrons. The molecule has 1 aromatic carbocycles. The third-order valence-corrected chi connectivity index (χ3v) is 2.45. The summed E-state index contributed by atoms with van der Waals surface area (Å²) in [4.78, 5) is 0. The van der Waals surface area contributed by atoms with Crippen molar-refractivity contribution in [1.29, 1.82) is 0 Å². The van der Waals surface area contributed by atoms with E-state index in [1.54, 1.807) is 6.07 Å². The molecule has 0 aliphatic carbocycles. The predicted molar refractivity (Wildman–Crippen MR) is 45.7 cm³/mol. The fourth-order valence-electron chi connectivity index (χ4n) is 0.427. The highest BCUT2D eigenvalue weighted by atomic mass is 79.9. The number of halogens is 3. The molecule has 1 aromatic rings. The second-order valence-electron chi connectivity index (χ2n) is 1.48. The van der Waals surface area contributed by atoms with Crippen LogP contribution in [0.1, 0.15) is 0 Å². The van der Waals surface area contributed by atoms with Gasteiger partial charge in [0.05, 0.1) is 5.02 Å². The summed E-state index contributed by atoms with van der Waals surface area (Å²) in [6.45, 7) is 0. The molecular weight excluding hydrogens is 267 g/mol. The van der Waals surface area contributed by atoms with Gasteiger partial charge in [0, 0.05) is 8.95 Å². The Bertz CT molecular complexity index is 222. The Morgan fingerprint density at radius 3 is 2.56 bits per heavy atom. The van der Waals surface area contributed by atoms with Gasteiger partial charge in [0.15, 0.2) is 0 Å². The molecule has 0 bridgehead atoms. The molecule has 0 heterocycles. The summed E-state index contributed by atoms with van der Waals surface area (Å²) in [6.07, 6.45) is 0. The van der Waals surface area contributed by atoms with Crippen LogP contribution in [0.3, 0.4) is 0 Å². The van der Waals surface area contributed by atoms with Crippen LogP contribution in [0, 0.1) is 6.07 Å². The van der Waals surface area contributed by atoms with Crippen LogP contribution in [0.15, 0.2) is 21.1 Å². The lowest BCUT2D eigenvalue weighted by atomic mass is 10.4. The molecule has 0 fully saturated rings. The van der Waals surface area contributed by atoms with Crippen LogP contribution >= 0.6 is 43.5 Å². The Morgan fingerprint density at radius 1 is 1.44 bits per heavy atom. The van der Waals surface area contributed by atoms with Crippen molar-refractivity contribution in [3.63, 3.8) is 0 Å². The highest BCUT2D eigenvalue weighted by molar-refractivity contribution is 9.11. The smallest absolute Gasteiger partial charge is 0.0565 e. The lowest BCUT2D eigenvalue weighted by Crippen LogP contribution is -1.68. The van der Waals surface area contributed by atoms with E-state index in [-0.39, 0.29) is 0 Å². The summed E-state index contributed by atoms with van der Waals surface area (Å²) >= 11 is 12.2. The third-order valence-electron chi connectivity index (χ3n) is 0.811. The largest absolute Gasteiger partial charge is 0.0830 e. The van der Waals surface area contributed by atoms with Crippen LogP contribution in [0.5, 0.6) is 0 Å². The van der Waals surface area contributed by atoms with Crippen molar-refractivity contribution >= 4 is 43.5 Å². The van der Waals surface area contributed by atoms with E-state index < -0.39 is 0 Å². The predicted octanol–water partition coefficient (Wildman–Crippen LogP) is 3.67. The summed E-state index contributed by atoms with van der Waals surface area (Å²) in [7, 11) is 0. The van der Waals surface area contributed by atoms with Crippen LogP contribution in [0.25, 0.3) is 0 Å². The number of rotatable bonds is 0. The lowest BCUT2D eigenvalue weighted by Gasteiger charge is -1.92. The van der Waals surface area contributed by atoms with Gasteiger partial charge in [-0.25, -0.2) is 0 Å². The first kappa shape index (κ1) is 7.58. The van der Waals surface area contributed by atoms with Crippen molar-refractivity contribution in [2.45, 2.75) is 0 Å². The second kappa shape index (κ2) is 3.04. The monoisotopic (exact) mass is 267 g/mol. The highest BCUT2D eigenvalue weighted by Gasteiger charge is 1.94. The molecular formula is C6H2Br2Cl. The Morgan fingerprint density at radius 2 is 2.11 bits per heavy atom. The van der Waals surface area contributed by atoms with Crippen molar-refractivity contribution in [3.05, 3.63) is 32.2 Å². The fraction of sp³-hybridized carbons (Fsp3) is 0. The number of hydrogen-bond acceptors (Lipinski definition) is 0. The quantitative estimate of drug-likeness (QED) is 0.630. The van der Waals surface area contributed by atoms with Gasteiger partial charge in [-0.05, 0) is 34.1 Å². The van der Waals surface area contributed by atoms with Gasteiger partial charge in [-0.1, -0.05) is 27.5 Å². The molecule has 0 aliphatic heterocycles. The molecule has 0 nitrogen and oxygen atoms in total. The zero-order valence-electron chi connectivity index (χ0n) is 4.29. The van der Waals surface area contributed by atoms with Gasteiger partial charge in [0.2, 0.25) is 0 Å². The van der Waals surface area contributed by atoms with E-state index in [1.807, 2.05) is 6.07 Å². The summed E-state index contributed by atoms with van der Waals surface area (Å²) in [6, 6.07) is 6.51. The maximum Gasteiger partial charge on any atom is 0.0565 e.